The molecule has 0 amide bonds. The Morgan fingerprint density at radius 2 is 2.06 bits per heavy atom. The van der Waals surface area contributed by atoms with Crippen LogP contribution in [0.15, 0.2) is 24.3 Å². The van der Waals surface area contributed by atoms with Gasteiger partial charge in [-0.1, -0.05) is 24.3 Å². The van der Waals surface area contributed by atoms with Gasteiger partial charge >= 0.3 is 5.97 Å². The Labute approximate surface area is 101 Å². The minimum Gasteiger partial charge on any atom is -0.481 e. The number of carbonyl (C=O) groups is 1. The molecule has 0 heterocycles. The van der Waals surface area contributed by atoms with Crippen molar-refractivity contribution >= 4 is 5.97 Å². The summed E-state index contributed by atoms with van der Waals surface area (Å²) in [4.78, 5) is 11.0. The van der Waals surface area contributed by atoms with Crippen LogP contribution < -0.4 is 5.32 Å². The Morgan fingerprint density at radius 1 is 1.24 bits per heavy atom. The van der Waals surface area contributed by atoms with E-state index in [1.54, 1.807) is 0 Å². The summed E-state index contributed by atoms with van der Waals surface area (Å²) in [6.45, 7) is 0. The summed E-state index contributed by atoms with van der Waals surface area (Å²) in [6, 6.07) is 9.00. The van der Waals surface area contributed by atoms with E-state index in [9.17, 15) is 4.79 Å². The number of hydrogen-bond donors (Lipinski definition) is 2. The fraction of sp³-hybridized carbons (Fsp3) is 0.500. The number of hydrogen-bond acceptors (Lipinski definition) is 2. The Morgan fingerprint density at radius 3 is 2.76 bits per heavy atom. The minimum absolute atomic E-state index is 0.170. The number of aliphatic carboxylic acids is 1. The molecule has 1 fully saturated rings. The zero-order chi connectivity index (χ0) is 11.8. The van der Waals surface area contributed by atoms with Gasteiger partial charge in [-0.15, -0.1) is 0 Å². The first-order valence-corrected chi connectivity index (χ1v) is 6.32. The quantitative estimate of drug-likeness (QED) is 0.837. The van der Waals surface area contributed by atoms with E-state index < -0.39 is 5.97 Å². The molecule has 0 radical (unpaired) electrons. The molecule has 3 atom stereocenters. The predicted molar refractivity (Wildman–Crippen MR) is 64.8 cm³/mol. The summed E-state index contributed by atoms with van der Waals surface area (Å²) in [6.07, 6.45) is 4.03. The van der Waals surface area contributed by atoms with Gasteiger partial charge in [0.2, 0.25) is 0 Å². The molecule has 0 aliphatic heterocycles. The third-order valence-electron chi connectivity index (χ3n) is 4.14. The normalized spacial score (nSPS) is 30.7. The molecule has 2 aliphatic carbocycles. The monoisotopic (exact) mass is 231 g/mol. The van der Waals surface area contributed by atoms with Gasteiger partial charge in [0.15, 0.2) is 0 Å². The van der Waals surface area contributed by atoms with Crippen LogP contribution in [0.5, 0.6) is 0 Å². The van der Waals surface area contributed by atoms with Crippen LogP contribution in [-0.4, -0.2) is 17.1 Å². The van der Waals surface area contributed by atoms with Gasteiger partial charge in [-0.3, -0.25) is 4.79 Å². The maximum Gasteiger partial charge on any atom is 0.308 e. The van der Waals surface area contributed by atoms with Crippen molar-refractivity contribution in [3.05, 3.63) is 35.4 Å². The number of carboxylic acids is 1. The van der Waals surface area contributed by atoms with Gasteiger partial charge in [0.05, 0.1) is 5.92 Å². The van der Waals surface area contributed by atoms with Crippen molar-refractivity contribution in [2.45, 2.75) is 37.8 Å². The van der Waals surface area contributed by atoms with Crippen LogP contribution in [0.4, 0.5) is 0 Å². The lowest BCUT2D eigenvalue weighted by atomic mass is 9.79. The number of fused-ring (bicyclic) bond motifs is 1. The molecule has 3 rings (SSSR count). The number of nitrogens with one attached hydrogen (secondary N) is 1. The zero-order valence-corrected chi connectivity index (χ0v) is 9.73. The van der Waals surface area contributed by atoms with Crippen LogP contribution in [0, 0.1) is 5.92 Å². The van der Waals surface area contributed by atoms with E-state index in [0.717, 1.165) is 25.7 Å². The minimum atomic E-state index is -0.653. The highest BCUT2D eigenvalue weighted by atomic mass is 16.4. The maximum absolute atomic E-state index is 11.0. The van der Waals surface area contributed by atoms with E-state index in [4.69, 9.17) is 5.11 Å². The van der Waals surface area contributed by atoms with Crippen LogP contribution in [0.2, 0.25) is 0 Å². The molecule has 1 aromatic carbocycles. The molecule has 0 bridgehead atoms. The lowest BCUT2D eigenvalue weighted by Gasteiger charge is -2.36. The van der Waals surface area contributed by atoms with Crippen molar-refractivity contribution in [3.8, 4) is 0 Å². The van der Waals surface area contributed by atoms with Crippen molar-refractivity contribution in [2.75, 3.05) is 0 Å². The summed E-state index contributed by atoms with van der Waals surface area (Å²) < 4.78 is 0. The van der Waals surface area contributed by atoms with Crippen LogP contribution in [-0.2, 0) is 11.2 Å². The molecule has 1 saturated carbocycles. The number of carboxylic acid groups (broad SMARTS) is 1. The second-order valence-corrected chi connectivity index (χ2v) is 5.09. The lowest BCUT2D eigenvalue weighted by molar-refractivity contribution is -0.146. The van der Waals surface area contributed by atoms with E-state index in [-0.39, 0.29) is 12.0 Å². The largest absolute Gasteiger partial charge is 0.481 e. The zero-order valence-electron chi connectivity index (χ0n) is 9.73. The fourth-order valence-electron chi connectivity index (χ4n) is 2.98. The number of benzene rings is 1. The first-order chi connectivity index (χ1) is 8.25. The molecule has 2 aliphatic rings. The molecule has 0 saturated heterocycles. The third kappa shape index (κ3) is 1.84. The highest BCUT2D eigenvalue weighted by molar-refractivity contribution is 5.72. The Hall–Kier alpha value is -1.35. The average molecular weight is 231 g/mol. The third-order valence-corrected chi connectivity index (χ3v) is 4.14. The van der Waals surface area contributed by atoms with Gasteiger partial charge < -0.3 is 10.4 Å². The van der Waals surface area contributed by atoms with E-state index >= 15 is 0 Å². The van der Waals surface area contributed by atoms with Gasteiger partial charge in [0.1, 0.15) is 0 Å². The summed E-state index contributed by atoms with van der Waals surface area (Å²) >= 11 is 0. The first-order valence-electron chi connectivity index (χ1n) is 6.32. The highest BCUT2D eigenvalue weighted by Crippen LogP contribution is 2.35. The smallest absolute Gasteiger partial charge is 0.308 e. The summed E-state index contributed by atoms with van der Waals surface area (Å²) in [7, 11) is 0. The summed E-state index contributed by atoms with van der Waals surface area (Å²) in [5.74, 6) is -0.831. The molecule has 3 heteroatoms. The van der Waals surface area contributed by atoms with E-state index in [0.29, 0.717) is 6.04 Å². The maximum atomic E-state index is 11.0. The molecule has 0 aromatic heterocycles. The van der Waals surface area contributed by atoms with E-state index in [1.165, 1.54) is 11.1 Å². The molecular formula is C14H17NO2. The van der Waals surface area contributed by atoms with Crippen molar-refractivity contribution in [1.82, 2.24) is 5.32 Å². The molecule has 1 aromatic rings. The fourth-order valence-corrected chi connectivity index (χ4v) is 2.98. The molecule has 90 valence electrons. The Bertz CT molecular complexity index is 444. The van der Waals surface area contributed by atoms with E-state index in [1.807, 2.05) is 0 Å². The number of aryl methyl sites for hydroxylation is 1. The topological polar surface area (TPSA) is 49.3 Å². The first kappa shape index (κ1) is 10.8. The van der Waals surface area contributed by atoms with E-state index in [2.05, 4.69) is 29.6 Å². The summed E-state index contributed by atoms with van der Waals surface area (Å²) in [5, 5.41) is 12.6. The van der Waals surface area contributed by atoms with Gasteiger partial charge in [-0.2, -0.15) is 0 Å². The van der Waals surface area contributed by atoms with Crippen molar-refractivity contribution in [3.63, 3.8) is 0 Å². The Kier molecular flexibility index (Phi) is 2.63. The highest BCUT2D eigenvalue weighted by Gasteiger charge is 2.38. The molecular weight excluding hydrogens is 214 g/mol. The van der Waals surface area contributed by atoms with Crippen LogP contribution >= 0.6 is 0 Å². The van der Waals surface area contributed by atoms with Crippen molar-refractivity contribution in [1.29, 1.82) is 0 Å². The molecule has 0 spiro atoms. The van der Waals surface area contributed by atoms with Gasteiger partial charge in [-0.25, -0.2) is 0 Å². The second kappa shape index (κ2) is 4.15. The second-order valence-electron chi connectivity index (χ2n) is 5.09. The van der Waals surface area contributed by atoms with Crippen LogP contribution in [0.1, 0.15) is 36.4 Å². The van der Waals surface area contributed by atoms with Crippen LogP contribution in [0.25, 0.3) is 0 Å². The van der Waals surface area contributed by atoms with Gasteiger partial charge in [-0.05, 0) is 36.8 Å². The molecule has 3 nitrogen and oxygen atoms in total. The van der Waals surface area contributed by atoms with Crippen molar-refractivity contribution < 1.29 is 9.90 Å². The summed E-state index contributed by atoms with van der Waals surface area (Å²) in [5.41, 5.74) is 2.78. The van der Waals surface area contributed by atoms with Crippen LogP contribution in [0.3, 0.4) is 0 Å². The standard InChI is InChI=1S/C14H17NO2/c16-14(17)11-6-8-13(11)15-12-7-5-9-3-1-2-4-10(9)12/h1-4,11-13,15H,5-8H2,(H,16,17). The predicted octanol–water partition coefficient (Wildman–Crippen LogP) is 2.13. The molecule has 17 heavy (non-hydrogen) atoms. The number of rotatable bonds is 3. The van der Waals surface area contributed by atoms with Gasteiger partial charge in [0.25, 0.3) is 0 Å². The Balaban J connectivity index is 1.70. The SMILES string of the molecule is O=C(O)C1CCC1NC1CCc2ccccc21. The lowest BCUT2D eigenvalue weighted by Crippen LogP contribution is -2.48. The average Bonchev–Trinajstić information content (AvgIpc) is 2.67. The van der Waals surface area contributed by atoms with Gasteiger partial charge in [0, 0.05) is 12.1 Å². The van der Waals surface area contributed by atoms with Crippen molar-refractivity contribution in [2.24, 2.45) is 5.92 Å². The molecule has 2 N–H and O–H groups in total. The molecule has 3 unspecified atom stereocenters.